The Morgan fingerprint density at radius 3 is 1.68 bits per heavy atom. The van der Waals surface area contributed by atoms with E-state index >= 15 is 0 Å². The van der Waals surface area contributed by atoms with Gasteiger partial charge >= 0.3 is 0 Å². The molecule has 0 aromatic rings. The van der Waals surface area contributed by atoms with Crippen LogP contribution >= 0.6 is 0 Å². The van der Waals surface area contributed by atoms with Gasteiger partial charge in [0, 0.05) is 13.1 Å². The molecule has 6 nitrogen and oxygen atoms in total. The molecule has 0 atom stereocenters. The molecule has 0 aliphatic heterocycles. The van der Waals surface area contributed by atoms with Gasteiger partial charge in [0.05, 0.1) is 0 Å². The molecule has 2 fully saturated rings. The largest absolute Gasteiger partial charge is 0.330 e. The highest BCUT2D eigenvalue weighted by Gasteiger charge is 2.25. The lowest BCUT2D eigenvalue weighted by atomic mass is 10.2. The summed E-state index contributed by atoms with van der Waals surface area (Å²) in [4.78, 5) is 5.31. The van der Waals surface area contributed by atoms with E-state index in [-0.39, 0.29) is 6.29 Å². The molecule has 2 rings (SSSR count). The molecule has 2 saturated carbocycles. The lowest BCUT2D eigenvalue weighted by molar-refractivity contribution is 0.228. The molecular weight excluding hydrogens is 312 g/mol. The van der Waals surface area contributed by atoms with Gasteiger partial charge in [0.1, 0.15) is 6.29 Å². The Kier molecular flexibility index (Phi) is 10.3. The first-order valence-electron chi connectivity index (χ1n) is 10.6. The molecule has 0 bridgehead atoms. The minimum Gasteiger partial charge on any atom is -0.330 e. The van der Waals surface area contributed by atoms with Crippen molar-refractivity contribution >= 4 is 0 Å². The van der Waals surface area contributed by atoms with E-state index in [0.29, 0.717) is 0 Å². The summed E-state index contributed by atoms with van der Waals surface area (Å²) in [6.45, 7) is 9.14. The smallest absolute Gasteiger partial charge is 0.106 e. The van der Waals surface area contributed by atoms with E-state index in [1.807, 2.05) is 0 Å². The fraction of sp³-hybridized carbons (Fsp3) is 1.00. The van der Waals surface area contributed by atoms with Gasteiger partial charge < -0.3 is 27.0 Å². The summed E-state index contributed by atoms with van der Waals surface area (Å²) in [5.41, 5.74) is 16.8. The van der Waals surface area contributed by atoms with Gasteiger partial charge in [0.15, 0.2) is 0 Å². The van der Waals surface area contributed by atoms with Crippen LogP contribution in [0.1, 0.15) is 51.4 Å². The van der Waals surface area contributed by atoms with Gasteiger partial charge in [-0.15, -0.1) is 0 Å². The highest BCUT2D eigenvalue weighted by molar-refractivity contribution is 4.79. The Morgan fingerprint density at radius 2 is 1.24 bits per heavy atom. The number of nitrogens with zero attached hydrogens (tertiary/aromatic N) is 2. The molecule has 148 valence electrons. The second kappa shape index (κ2) is 12.2. The Morgan fingerprint density at radius 1 is 0.760 bits per heavy atom. The van der Waals surface area contributed by atoms with Gasteiger partial charge in [0.2, 0.25) is 0 Å². The normalized spacial score (nSPS) is 18.0. The molecule has 0 amide bonds. The number of hydrogen-bond donors (Lipinski definition) is 4. The summed E-state index contributed by atoms with van der Waals surface area (Å²) >= 11 is 0. The average Bonchev–Trinajstić information content (AvgIpc) is 3.48. The van der Waals surface area contributed by atoms with Gasteiger partial charge in [-0.05, 0) is 102 Å². The maximum absolute atomic E-state index is 5.69. The summed E-state index contributed by atoms with van der Waals surface area (Å²) in [7, 11) is 0. The van der Waals surface area contributed by atoms with E-state index in [4.69, 9.17) is 17.2 Å². The average molecular weight is 355 g/mol. The zero-order valence-corrected chi connectivity index (χ0v) is 16.2. The predicted octanol–water partition coefficient (Wildman–Crippen LogP) is 0.720. The Hall–Kier alpha value is -0.240. The monoisotopic (exact) mass is 354 g/mol. The molecule has 0 aromatic carbocycles. The van der Waals surface area contributed by atoms with Crippen LogP contribution in [-0.4, -0.2) is 68.4 Å². The SMILES string of the molecule is NCCCN(CCCCN(CCCNC(N)N)CC1CC1)CC1CC1. The molecule has 7 N–H and O–H groups in total. The van der Waals surface area contributed by atoms with Crippen LogP contribution in [0.3, 0.4) is 0 Å². The van der Waals surface area contributed by atoms with Crippen molar-refractivity contribution in [3.8, 4) is 0 Å². The van der Waals surface area contributed by atoms with Crippen LogP contribution in [0.4, 0.5) is 0 Å². The number of nitrogens with two attached hydrogens (primary N) is 3. The van der Waals surface area contributed by atoms with Crippen molar-refractivity contribution in [1.29, 1.82) is 0 Å². The molecule has 6 heteroatoms. The number of hydrogen-bond acceptors (Lipinski definition) is 6. The minimum atomic E-state index is -0.386. The van der Waals surface area contributed by atoms with Crippen LogP contribution in [0.5, 0.6) is 0 Å². The van der Waals surface area contributed by atoms with Gasteiger partial charge in [-0.1, -0.05) is 0 Å². The highest BCUT2D eigenvalue weighted by atomic mass is 15.2. The molecule has 0 saturated heterocycles. The van der Waals surface area contributed by atoms with E-state index in [2.05, 4.69) is 15.1 Å². The van der Waals surface area contributed by atoms with Crippen molar-refractivity contribution in [1.82, 2.24) is 15.1 Å². The third-order valence-electron chi connectivity index (χ3n) is 5.33. The van der Waals surface area contributed by atoms with Crippen LogP contribution in [0.25, 0.3) is 0 Å². The summed E-state index contributed by atoms with van der Waals surface area (Å²) in [5.74, 6) is 1.94. The first kappa shape index (κ1) is 21.1. The summed E-state index contributed by atoms with van der Waals surface area (Å²) < 4.78 is 0. The molecule has 2 aliphatic carbocycles. The Balaban J connectivity index is 1.57. The molecule has 0 radical (unpaired) electrons. The molecular formula is C19H42N6. The molecule has 0 aromatic heterocycles. The van der Waals surface area contributed by atoms with Crippen molar-refractivity contribution in [2.45, 2.75) is 57.7 Å². The van der Waals surface area contributed by atoms with Gasteiger partial charge in [0.25, 0.3) is 0 Å². The van der Waals surface area contributed by atoms with E-state index in [1.165, 1.54) is 71.2 Å². The van der Waals surface area contributed by atoms with Crippen molar-refractivity contribution in [2.24, 2.45) is 29.0 Å². The fourth-order valence-electron chi connectivity index (χ4n) is 3.48. The van der Waals surface area contributed by atoms with E-state index in [1.54, 1.807) is 0 Å². The minimum absolute atomic E-state index is 0.386. The Bertz CT molecular complexity index is 330. The topological polar surface area (TPSA) is 96.6 Å². The van der Waals surface area contributed by atoms with E-state index in [9.17, 15) is 0 Å². The lowest BCUT2D eigenvalue weighted by Gasteiger charge is -2.25. The molecule has 0 spiro atoms. The first-order valence-corrected chi connectivity index (χ1v) is 10.6. The van der Waals surface area contributed by atoms with Crippen LogP contribution in [0, 0.1) is 11.8 Å². The van der Waals surface area contributed by atoms with Gasteiger partial charge in [-0.25, -0.2) is 0 Å². The summed E-state index contributed by atoms with van der Waals surface area (Å²) in [5, 5.41) is 3.11. The van der Waals surface area contributed by atoms with Gasteiger partial charge in [-0.2, -0.15) is 0 Å². The molecule has 0 unspecified atom stereocenters. The zero-order valence-electron chi connectivity index (χ0n) is 16.2. The van der Waals surface area contributed by atoms with Crippen molar-refractivity contribution in [3.05, 3.63) is 0 Å². The third-order valence-corrected chi connectivity index (χ3v) is 5.33. The number of nitrogens with one attached hydrogen (secondary N) is 1. The summed E-state index contributed by atoms with van der Waals surface area (Å²) in [6, 6.07) is 0. The number of unbranched alkanes of at least 4 members (excludes halogenated alkanes) is 1. The van der Waals surface area contributed by atoms with Crippen LogP contribution in [-0.2, 0) is 0 Å². The number of rotatable bonds is 17. The summed E-state index contributed by atoms with van der Waals surface area (Å²) in [6.07, 6.45) is 10.2. The highest BCUT2D eigenvalue weighted by Crippen LogP contribution is 2.30. The van der Waals surface area contributed by atoms with Crippen LogP contribution < -0.4 is 22.5 Å². The zero-order chi connectivity index (χ0) is 17.9. The van der Waals surface area contributed by atoms with E-state index < -0.39 is 0 Å². The second-order valence-corrected chi connectivity index (χ2v) is 8.17. The van der Waals surface area contributed by atoms with Crippen LogP contribution in [0.15, 0.2) is 0 Å². The van der Waals surface area contributed by atoms with Crippen molar-refractivity contribution in [3.63, 3.8) is 0 Å². The van der Waals surface area contributed by atoms with Crippen molar-refractivity contribution in [2.75, 3.05) is 52.4 Å². The third kappa shape index (κ3) is 11.2. The van der Waals surface area contributed by atoms with Crippen molar-refractivity contribution < 1.29 is 0 Å². The first-order chi connectivity index (χ1) is 12.2. The molecule has 25 heavy (non-hydrogen) atoms. The van der Waals surface area contributed by atoms with E-state index in [0.717, 1.165) is 44.3 Å². The molecule has 2 aliphatic rings. The standard InChI is InChI=1S/C19H42N6/c20-9-3-13-24(15-17-5-6-17)11-1-2-12-25(16-18-7-8-18)14-4-10-23-19(21)22/h17-19,23H,1-16,20-22H2. The maximum atomic E-state index is 5.69. The Labute approximate surface area is 154 Å². The lowest BCUT2D eigenvalue weighted by Crippen LogP contribution is -2.46. The predicted molar refractivity (Wildman–Crippen MR) is 106 cm³/mol. The maximum Gasteiger partial charge on any atom is 0.106 e. The van der Waals surface area contributed by atoms with Gasteiger partial charge in [-0.3, -0.25) is 5.32 Å². The molecule has 0 heterocycles. The fourth-order valence-corrected chi connectivity index (χ4v) is 3.48. The quantitative estimate of drug-likeness (QED) is 0.227. The van der Waals surface area contributed by atoms with Crippen LogP contribution in [0.2, 0.25) is 0 Å². The second-order valence-electron chi connectivity index (χ2n) is 8.17.